The number of para-hydroxylation sites is 4. The Balaban J connectivity index is 1.51. The number of rotatable bonds is 5. The van der Waals surface area contributed by atoms with Gasteiger partial charge in [0, 0.05) is 16.6 Å². The van der Waals surface area contributed by atoms with E-state index < -0.39 is 0 Å². The molecule has 6 rings (SSSR count). The van der Waals surface area contributed by atoms with Crippen LogP contribution in [0.25, 0.3) is 38.9 Å². The van der Waals surface area contributed by atoms with Gasteiger partial charge in [0.15, 0.2) is 0 Å². The van der Waals surface area contributed by atoms with Crippen LogP contribution in [0.15, 0.2) is 114 Å². The second-order valence-corrected chi connectivity index (χ2v) is 7.79. The van der Waals surface area contributed by atoms with Crippen LogP contribution in [0.4, 0.5) is 5.95 Å². The SMILES string of the molecule is C(=N\Nc1nc2ccccc2[nH]1)/c1c(-c2ccccc2)n(-c2ccccc2)c2ccccc12. The van der Waals surface area contributed by atoms with E-state index in [1.54, 1.807) is 0 Å². The first-order chi connectivity index (χ1) is 16.4. The number of aromatic amines is 1. The molecule has 0 fully saturated rings. The zero-order valence-electron chi connectivity index (χ0n) is 17.8. The molecule has 2 aromatic heterocycles. The van der Waals surface area contributed by atoms with Crippen LogP contribution < -0.4 is 5.43 Å². The van der Waals surface area contributed by atoms with Crippen molar-refractivity contribution in [2.75, 3.05) is 5.43 Å². The Bertz CT molecular complexity index is 1540. The van der Waals surface area contributed by atoms with Gasteiger partial charge in [-0.1, -0.05) is 78.9 Å². The molecule has 158 valence electrons. The average molecular weight is 428 g/mol. The van der Waals surface area contributed by atoms with E-state index in [-0.39, 0.29) is 0 Å². The lowest BCUT2D eigenvalue weighted by molar-refractivity contribution is 1.13. The van der Waals surface area contributed by atoms with Crippen molar-refractivity contribution in [1.82, 2.24) is 14.5 Å². The van der Waals surface area contributed by atoms with Crippen LogP contribution >= 0.6 is 0 Å². The summed E-state index contributed by atoms with van der Waals surface area (Å²) in [5.41, 5.74) is 10.5. The van der Waals surface area contributed by atoms with Crippen LogP contribution in [0.2, 0.25) is 0 Å². The summed E-state index contributed by atoms with van der Waals surface area (Å²) in [5, 5.41) is 5.70. The molecule has 4 aromatic carbocycles. The van der Waals surface area contributed by atoms with Crippen molar-refractivity contribution in [2.24, 2.45) is 5.10 Å². The monoisotopic (exact) mass is 427 g/mol. The molecule has 5 nitrogen and oxygen atoms in total. The Kier molecular flexibility index (Phi) is 4.70. The van der Waals surface area contributed by atoms with Gasteiger partial charge in [-0.15, -0.1) is 0 Å². The van der Waals surface area contributed by atoms with E-state index in [1.165, 1.54) is 0 Å². The van der Waals surface area contributed by atoms with Crippen molar-refractivity contribution in [2.45, 2.75) is 0 Å². The van der Waals surface area contributed by atoms with Crippen molar-refractivity contribution in [3.63, 3.8) is 0 Å². The molecule has 6 aromatic rings. The molecule has 0 amide bonds. The minimum absolute atomic E-state index is 0.612. The third kappa shape index (κ3) is 3.46. The molecule has 2 heterocycles. The normalized spacial score (nSPS) is 11.5. The molecule has 0 aliphatic heterocycles. The molecular weight excluding hydrogens is 406 g/mol. The number of aromatic nitrogens is 3. The maximum absolute atomic E-state index is 4.57. The summed E-state index contributed by atoms with van der Waals surface area (Å²) in [7, 11) is 0. The summed E-state index contributed by atoms with van der Waals surface area (Å²) < 4.78 is 2.30. The van der Waals surface area contributed by atoms with Crippen LogP contribution in [0.1, 0.15) is 5.56 Å². The number of imidazole rings is 1. The predicted octanol–water partition coefficient (Wildman–Crippen LogP) is 6.62. The van der Waals surface area contributed by atoms with E-state index >= 15 is 0 Å². The van der Waals surface area contributed by atoms with Gasteiger partial charge in [0.2, 0.25) is 5.95 Å². The highest BCUT2D eigenvalue weighted by Gasteiger charge is 2.18. The second-order valence-electron chi connectivity index (χ2n) is 7.79. The Labute approximate surface area is 191 Å². The van der Waals surface area contributed by atoms with Gasteiger partial charge in [0.1, 0.15) is 0 Å². The number of anilines is 1. The van der Waals surface area contributed by atoms with Crippen molar-refractivity contribution >= 4 is 34.1 Å². The van der Waals surface area contributed by atoms with Crippen LogP contribution in [0.5, 0.6) is 0 Å². The highest BCUT2D eigenvalue weighted by molar-refractivity contribution is 6.07. The molecule has 2 N–H and O–H groups in total. The Morgan fingerprint density at radius 3 is 2.27 bits per heavy atom. The van der Waals surface area contributed by atoms with Crippen LogP contribution in [-0.4, -0.2) is 20.7 Å². The number of hydrogen-bond donors (Lipinski definition) is 2. The van der Waals surface area contributed by atoms with Crippen LogP contribution in [-0.2, 0) is 0 Å². The van der Waals surface area contributed by atoms with Crippen LogP contribution in [0.3, 0.4) is 0 Å². The molecule has 0 spiro atoms. The minimum atomic E-state index is 0.612. The van der Waals surface area contributed by atoms with Gasteiger partial charge in [-0.2, -0.15) is 5.10 Å². The highest BCUT2D eigenvalue weighted by atomic mass is 15.3. The third-order valence-electron chi connectivity index (χ3n) is 5.73. The van der Waals surface area contributed by atoms with Gasteiger partial charge >= 0.3 is 0 Å². The number of hydrogen-bond acceptors (Lipinski definition) is 3. The predicted molar refractivity (Wildman–Crippen MR) is 136 cm³/mol. The lowest BCUT2D eigenvalue weighted by Crippen LogP contribution is -1.99. The fraction of sp³-hybridized carbons (Fsp3) is 0. The number of H-pyrrole nitrogens is 1. The molecule has 0 unspecified atom stereocenters. The summed E-state index contributed by atoms with van der Waals surface area (Å²) >= 11 is 0. The first kappa shape index (κ1) is 19.1. The van der Waals surface area contributed by atoms with E-state index in [9.17, 15) is 0 Å². The zero-order chi connectivity index (χ0) is 22.0. The largest absolute Gasteiger partial charge is 0.323 e. The van der Waals surface area contributed by atoms with E-state index in [0.29, 0.717) is 5.95 Å². The molecule has 0 radical (unpaired) electrons. The second kappa shape index (κ2) is 8.13. The lowest BCUT2D eigenvalue weighted by atomic mass is 10.1. The van der Waals surface area contributed by atoms with Gasteiger partial charge in [-0.3, -0.25) is 0 Å². The molecule has 0 aliphatic rings. The van der Waals surface area contributed by atoms with E-state index in [0.717, 1.165) is 44.4 Å². The number of benzene rings is 4. The van der Waals surface area contributed by atoms with Crippen molar-refractivity contribution in [1.29, 1.82) is 0 Å². The molecule has 0 bridgehead atoms. The molecule has 33 heavy (non-hydrogen) atoms. The summed E-state index contributed by atoms with van der Waals surface area (Å²) in [4.78, 5) is 7.81. The van der Waals surface area contributed by atoms with Gasteiger partial charge in [0.05, 0.1) is 28.5 Å². The van der Waals surface area contributed by atoms with Gasteiger partial charge in [-0.25, -0.2) is 10.4 Å². The molecular formula is C28H21N5. The van der Waals surface area contributed by atoms with E-state index in [4.69, 9.17) is 0 Å². The summed E-state index contributed by atoms with van der Waals surface area (Å²) in [5.74, 6) is 0.612. The fourth-order valence-electron chi connectivity index (χ4n) is 4.29. The molecule has 5 heteroatoms. The quantitative estimate of drug-likeness (QED) is 0.240. The molecule has 0 saturated carbocycles. The first-order valence-electron chi connectivity index (χ1n) is 10.9. The fourth-order valence-corrected chi connectivity index (χ4v) is 4.29. The number of nitrogens with zero attached hydrogens (tertiary/aromatic N) is 3. The molecule has 0 aliphatic carbocycles. The maximum Gasteiger partial charge on any atom is 0.222 e. The van der Waals surface area contributed by atoms with Crippen LogP contribution in [0, 0.1) is 0 Å². The van der Waals surface area contributed by atoms with Crippen molar-refractivity contribution in [3.05, 3.63) is 115 Å². The minimum Gasteiger partial charge on any atom is -0.323 e. The lowest BCUT2D eigenvalue weighted by Gasteiger charge is -2.12. The Morgan fingerprint density at radius 2 is 1.45 bits per heavy atom. The number of nitrogens with one attached hydrogen (secondary N) is 2. The van der Waals surface area contributed by atoms with E-state index in [1.807, 2.05) is 42.6 Å². The topological polar surface area (TPSA) is 58.0 Å². The highest BCUT2D eigenvalue weighted by Crippen LogP contribution is 2.35. The summed E-state index contributed by atoms with van der Waals surface area (Å²) in [6.07, 6.45) is 1.89. The van der Waals surface area contributed by atoms with E-state index in [2.05, 4.69) is 97.9 Å². The van der Waals surface area contributed by atoms with Gasteiger partial charge < -0.3 is 9.55 Å². The Morgan fingerprint density at radius 1 is 0.758 bits per heavy atom. The molecule has 0 atom stereocenters. The Hall–Kier alpha value is -4.64. The summed E-state index contributed by atoms with van der Waals surface area (Å²) in [6.45, 7) is 0. The standard InChI is InChI=1S/C28H21N5/c1-3-11-20(12-4-1)27-23(19-29-32-28-30-24-16-8-9-17-25(24)31-28)22-15-7-10-18-26(22)33(27)21-13-5-2-6-14-21/h1-19H,(H2,30,31,32)/b29-19+. The zero-order valence-corrected chi connectivity index (χ0v) is 17.8. The first-order valence-corrected chi connectivity index (χ1v) is 10.9. The number of hydrazone groups is 1. The molecule has 0 saturated heterocycles. The number of fused-ring (bicyclic) bond motifs is 2. The van der Waals surface area contributed by atoms with Gasteiger partial charge in [-0.05, 0) is 35.9 Å². The average Bonchev–Trinajstić information content (AvgIpc) is 3.44. The maximum atomic E-state index is 4.57. The van der Waals surface area contributed by atoms with Crippen molar-refractivity contribution in [3.8, 4) is 16.9 Å². The summed E-state index contributed by atoms with van der Waals surface area (Å²) in [6, 6.07) is 37.2. The third-order valence-corrected chi connectivity index (χ3v) is 5.73. The smallest absolute Gasteiger partial charge is 0.222 e. The van der Waals surface area contributed by atoms with Crippen molar-refractivity contribution < 1.29 is 0 Å². The van der Waals surface area contributed by atoms with Gasteiger partial charge in [0.25, 0.3) is 0 Å².